The van der Waals surface area contributed by atoms with E-state index in [0.717, 1.165) is 19.0 Å². The highest BCUT2D eigenvalue weighted by atomic mass is 16.4. The number of aliphatic carboxylic acids is 1. The van der Waals surface area contributed by atoms with Crippen molar-refractivity contribution < 1.29 is 14.7 Å². The van der Waals surface area contributed by atoms with Crippen LogP contribution in [0.25, 0.3) is 0 Å². The van der Waals surface area contributed by atoms with Gasteiger partial charge in [0.15, 0.2) is 0 Å². The molecule has 0 aliphatic carbocycles. The number of amides is 1. The molecule has 1 fully saturated rings. The normalized spacial score (nSPS) is 15.2. The number of hydrogen-bond donors (Lipinski definition) is 1. The first-order valence-corrected chi connectivity index (χ1v) is 4.39. The Morgan fingerprint density at radius 2 is 2.29 bits per heavy atom. The number of carbonyl (C=O) groups excluding carboxylic acids is 1. The highest BCUT2D eigenvalue weighted by Gasteiger charge is 2.15. The van der Waals surface area contributed by atoms with Crippen molar-refractivity contribution in [3.05, 3.63) is 24.9 Å². The van der Waals surface area contributed by atoms with Crippen molar-refractivity contribution in [1.82, 2.24) is 4.90 Å². The van der Waals surface area contributed by atoms with Gasteiger partial charge in [0, 0.05) is 19.0 Å². The van der Waals surface area contributed by atoms with E-state index in [1.807, 2.05) is 0 Å². The van der Waals surface area contributed by atoms with Gasteiger partial charge in [-0.1, -0.05) is 12.7 Å². The summed E-state index contributed by atoms with van der Waals surface area (Å²) in [5, 5.41) is 7.83. The van der Waals surface area contributed by atoms with Crippen molar-refractivity contribution in [3.8, 4) is 0 Å². The van der Waals surface area contributed by atoms with Crippen LogP contribution in [0.3, 0.4) is 0 Å². The van der Waals surface area contributed by atoms with Crippen LogP contribution in [0, 0.1) is 0 Å². The fraction of sp³-hybridized carbons (Fsp3) is 0.400. The van der Waals surface area contributed by atoms with Gasteiger partial charge in [-0.2, -0.15) is 0 Å². The number of carbonyl (C=O) groups is 2. The topological polar surface area (TPSA) is 57.6 Å². The molecule has 0 saturated carbocycles. The molecule has 0 radical (unpaired) electrons. The van der Waals surface area contributed by atoms with E-state index in [4.69, 9.17) is 5.11 Å². The maximum absolute atomic E-state index is 10.7. The first-order valence-electron chi connectivity index (χ1n) is 4.39. The lowest BCUT2D eigenvalue weighted by atomic mass is 10.4. The molecular weight excluding hydrogens is 182 g/mol. The largest absolute Gasteiger partial charge is 0.478 e. The van der Waals surface area contributed by atoms with Gasteiger partial charge in [0.1, 0.15) is 0 Å². The molecule has 1 aliphatic heterocycles. The van der Waals surface area contributed by atoms with Crippen molar-refractivity contribution in [1.29, 1.82) is 0 Å². The Morgan fingerprint density at radius 3 is 2.43 bits per heavy atom. The molecule has 0 bridgehead atoms. The molecule has 0 atom stereocenters. The molecule has 4 nitrogen and oxygen atoms in total. The van der Waals surface area contributed by atoms with E-state index in [1.54, 1.807) is 18.0 Å². The zero-order valence-corrected chi connectivity index (χ0v) is 8.27. The first-order chi connectivity index (χ1) is 6.61. The van der Waals surface area contributed by atoms with Crippen LogP contribution in [-0.2, 0) is 9.59 Å². The van der Waals surface area contributed by atoms with E-state index in [2.05, 4.69) is 6.58 Å². The molecular formula is C10H15NO3. The summed E-state index contributed by atoms with van der Waals surface area (Å²) in [5.41, 5.74) is 0. The summed E-state index contributed by atoms with van der Waals surface area (Å²) in [6.07, 6.45) is 5.84. The van der Waals surface area contributed by atoms with Crippen molar-refractivity contribution in [2.45, 2.75) is 19.8 Å². The van der Waals surface area contributed by atoms with Gasteiger partial charge in [0.25, 0.3) is 0 Å². The van der Waals surface area contributed by atoms with Gasteiger partial charge in [-0.15, -0.1) is 0 Å². The minimum atomic E-state index is -0.891. The highest BCUT2D eigenvalue weighted by molar-refractivity contribution is 5.79. The summed E-state index contributed by atoms with van der Waals surface area (Å²) in [5.74, 6) is -0.683. The average Bonchev–Trinajstić information content (AvgIpc) is 2.51. The van der Waals surface area contributed by atoms with Gasteiger partial charge < -0.3 is 10.0 Å². The number of likely N-dealkylation sites (tertiary alicyclic amines) is 1. The van der Waals surface area contributed by atoms with Crippen LogP contribution >= 0.6 is 0 Å². The summed E-state index contributed by atoms with van der Waals surface area (Å²) in [6.45, 7) is 6.02. The summed E-state index contributed by atoms with van der Waals surface area (Å²) in [6, 6.07) is 0. The SMILES string of the molecule is C=CN1CCCC1=O.CC=CC(=O)O. The molecule has 78 valence electrons. The zero-order chi connectivity index (χ0) is 11.0. The van der Waals surface area contributed by atoms with Gasteiger partial charge in [0.05, 0.1) is 0 Å². The average molecular weight is 197 g/mol. The highest BCUT2D eigenvalue weighted by Crippen LogP contribution is 2.08. The van der Waals surface area contributed by atoms with Gasteiger partial charge in [-0.3, -0.25) is 4.79 Å². The van der Waals surface area contributed by atoms with Crippen LogP contribution in [0.2, 0.25) is 0 Å². The summed E-state index contributed by atoms with van der Waals surface area (Å²) in [4.78, 5) is 21.8. The Kier molecular flexibility index (Phi) is 6.11. The third kappa shape index (κ3) is 5.13. The molecule has 1 amide bonds. The second-order valence-corrected chi connectivity index (χ2v) is 2.71. The third-order valence-electron chi connectivity index (χ3n) is 1.64. The van der Waals surface area contributed by atoms with Gasteiger partial charge in [0.2, 0.25) is 5.91 Å². The van der Waals surface area contributed by atoms with E-state index < -0.39 is 5.97 Å². The van der Waals surface area contributed by atoms with E-state index in [1.165, 1.54) is 6.08 Å². The summed E-state index contributed by atoms with van der Waals surface area (Å²) < 4.78 is 0. The van der Waals surface area contributed by atoms with Crippen LogP contribution in [0.5, 0.6) is 0 Å². The van der Waals surface area contributed by atoms with Gasteiger partial charge >= 0.3 is 5.97 Å². The number of hydrogen-bond acceptors (Lipinski definition) is 2. The molecule has 1 rings (SSSR count). The van der Waals surface area contributed by atoms with E-state index in [-0.39, 0.29) is 5.91 Å². The molecule has 14 heavy (non-hydrogen) atoms. The van der Waals surface area contributed by atoms with Crippen molar-refractivity contribution in [2.75, 3.05) is 6.54 Å². The lowest BCUT2D eigenvalue weighted by Gasteiger charge is -2.05. The quantitative estimate of drug-likeness (QED) is 0.681. The maximum atomic E-state index is 10.7. The molecule has 0 unspecified atom stereocenters. The number of carboxylic acids is 1. The predicted molar refractivity (Wildman–Crippen MR) is 53.6 cm³/mol. The summed E-state index contributed by atoms with van der Waals surface area (Å²) in [7, 11) is 0. The Morgan fingerprint density at radius 1 is 1.64 bits per heavy atom. The zero-order valence-electron chi connectivity index (χ0n) is 8.27. The van der Waals surface area contributed by atoms with Crippen LogP contribution in [0.1, 0.15) is 19.8 Å². The maximum Gasteiger partial charge on any atom is 0.327 e. The monoisotopic (exact) mass is 197 g/mol. The molecule has 0 aromatic carbocycles. The molecule has 1 aliphatic rings. The fourth-order valence-electron chi connectivity index (χ4n) is 1.00. The van der Waals surface area contributed by atoms with Gasteiger partial charge in [-0.05, 0) is 19.5 Å². The van der Waals surface area contributed by atoms with Crippen molar-refractivity contribution >= 4 is 11.9 Å². The van der Waals surface area contributed by atoms with E-state index in [0.29, 0.717) is 6.42 Å². The standard InChI is InChI=1S/C6H9NO.C4H6O2/c1-2-7-5-3-4-6(7)8;1-2-3-4(5)6/h2H,1,3-5H2;2-3H,1H3,(H,5,6). The van der Waals surface area contributed by atoms with Crippen molar-refractivity contribution in [3.63, 3.8) is 0 Å². The summed E-state index contributed by atoms with van der Waals surface area (Å²) >= 11 is 0. The molecule has 1 heterocycles. The Balaban J connectivity index is 0.000000255. The van der Waals surface area contributed by atoms with Crippen LogP contribution in [-0.4, -0.2) is 28.4 Å². The number of allylic oxidation sites excluding steroid dienone is 1. The first kappa shape index (κ1) is 12.4. The van der Waals surface area contributed by atoms with Gasteiger partial charge in [-0.25, -0.2) is 4.79 Å². The molecule has 4 heteroatoms. The fourth-order valence-corrected chi connectivity index (χ4v) is 1.00. The molecule has 0 aromatic rings. The second kappa shape index (κ2) is 6.88. The van der Waals surface area contributed by atoms with E-state index in [9.17, 15) is 9.59 Å². The lowest BCUT2D eigenvalue weighted by molar-refractivity contribution is -0.131. The molecule has 1 saturated heterocycles. The smallest absolute Gasteiger partial charge is 0.327 e. The lowest BCUT2D eigenvalue weighted by Crippen LogP contribution is -2.16. The second-order valence-electron chi connectivity index (χ2n) is 2.71. The molecule has 0 aromatic heterocycles. The molecule has 0 spiro atoms. The Bertz CT molecular complexity index is 246. The van der Waals surface area contributed by atoms with Crippen LogP contribution < -0.4 is 0 Å². The minimum Gasteiger partial charge on any atom is -0.478 e. The van der Waals surface area contributed by atoms with Crippen LogP contribution in [0.4, 0.5) is 0 Å². The number of rotatable bonds is 2. The number of carboxylic acid groups (broad SMARTS) is 1. The Hall–Kier alpha value is -1.58. The molecule has 1 N–H and O–H groups in total. The third-order valence-corrected chi connectivity index (χ3v) is 1.64. The minimum absolute atomic E-state index is 0.208. The Labute approximate surface area is 83.5 Å². The predicted octanol–water partition coefficient (Wildman–Crippen LogP) is 1.40. The van der Waals surface area contributed by atoms with E-state index >= 15 is 0 Å². The van der Waals surface area contributed by atoms with Crippen LogP contribution in [0.15, 0.2) is 24.9 Å². The number of nitrogens with zero attached hydrogens (tertiary/aromatic N) is 1. The van der Waals surface area contributed by atoms with Crippen molar-refractivity contribution in [2.24, 2.45) is 0 Å².